The van der Waals surface area contributed by atoms with E-state index in [1.165, 1.54) is 27.1 Å². The van der Waals surface area contributed by atoms with E-state index >= 15 is 0 Å². The summed E-state index contributed by atoms with van der Waals surface area (Å²) in [5.41, 5.74) is 0.876. The summed E-state index contributed by atoms with van der Waals surface area (Å²) in [5, 5.41) is 16.8. The summed E-state index contributed by atoms with van der Waals surface area (Å²) in [5.74, 6) is 2.41. The smallest absolute Gasteiger partial charge is 0.200 e. The fraction of sp³-hybridized carbons (Fsp3) is 0.500. The third kappa shape index (κ3) is 5.38. The Morgan fingerprint density at radius 1 is 1.20 bits per heavy atom. The van der Waals surface area contributed by atoms with Crippen molar-refractivity contribution in [2.24, 2.45) is 4.99 Å². The monoisotopic (exact) mass is 416 g/mol. The first-order valence-electron chi connectivity index (χ1n) is 10.4. The van der Waals surface area contributed by atoms with Crippen molar-refractivity contribution in [2.45, 2.75) is 32.4 Å². The molecule has 3 rings (SSSR count). The molecule has 2 heterocycles. The van der Waals surface area contributed by atoms with Crippen LogP contribution >= 0.6 is 0 Å². The first-order chi connectivity index (χ1) is 14.7. The largest absolute Gasteiger partial charge is 0.502 e. The minimum Gasteiger partial charge on any atom is -0.502 e. The summed E-state index contributed by atoms with van der Waals surface area (Å²) < 4.78 is 16.2. The van der Waals surface area contributed by atoms with Crippen LogP contribution in [0.15, 0.2) is 39.9 Å². The van der Waals surface area contributed by atoms with Crippen LogP contribution in [0, 0.1) is 0 Å². The van der Waals surface area contributed by atoms with Gasteiger partial charge >= 0.3 is 0 Å². The van der Waals surface area contributed by atoms with Gasteiger partial charge in [-0.05, 0) is 62.7 Å². The van der Waals surface area contributed by atoms with E-state index in [-0.39, 0.29) is 11.8 Å². The average molecular weight is 417 g/mol. The zero-order valence-electron chi connectivity index (χ0n) is 18.0. The zero-order chi connectivity index (χ0) is 21.3. The summed E-state index contributed by atoms with van der Waals surface area (Å²) in [6, 6.07) is 7.66. The van der Waals surface area contributed by atoms with Crippen molar-refractivity contribution in [1.82, 2.24) is 15.5 Å². The molecule has 1 atom stereocenters. The van der Waals surface area contributed by atoms with E-state index in [9.17, 15) is 5.11 Å². The Bertz CT molecular complexity index is 792. The van der Waals surface area contributed by atoms with E-state index in [4.69, 9.17) is 18.9 Å². The van der Waals surface area contributed by atoms with Gasteiger partial charge in [-0.15, -0.1) is 0 Å². The molecular formula is C22H32N4O4. The molecule has 0 saturated carbocycles. The average Bonchev–Trinajstić information content (AvgIpc) is 3.47. The fourth-order valence-electron chi connectivity index (χ4n) is 3.69. The number of furan rings is 1. The quantitative estimate of drug-likeness (QED) is 0.428. The summed E-state index contributed by atoms with van der Waals surface area (Å²) in [6.07, 6.45) is 4.16. The number of hydrogen-bond donors (Lipinski definition) is 3. The summed E-state index contributed by atoms with van der Waals surface area (Å²) in [7, 11) is 3.03. The SMILES string of the molecule is CCNC(=NCc1cc(OC)c(O)c(OC)c1)NCC(c1ccco1)N1CCCC1. The van der Waals surface area contributed by atoms with Gasteiger partial charge in [-0.25, -0.2) is 4.99 Å². The number of hydrogen-bond acceptors (Lipinski definition) is 6. The van der Waals surface area contributed by atoms with Gasteiger partial charge < -0.3 is 29.6 Å². The number of phenolic OH excluding ortho intramolecular Hbond substituents is 1. The molecule has 1 unspecified atom stereocenters. The number of phenols is 1. The molecule has 1 saturated heterocycles. The summed E-state index contributed by atoms with van der Waals surface area (Å²) >= 11 is 0. The molecule has 8 nitrogen and oxygen atoms in total. The molecule has 2 aromatic rings. The Balaban J connectivity index is 1.71. The molecular weight excluding hydrogens is 384 g/mol. The number of likely N-dealkylation sites (tertiary alicyclic amines) is 1. The Morgan fingerprint density at radius 2 is 1.90 bits per heavy atom. The standard InChI is InChI=1S/C22H32N4O4/c1-4-23-22(24-14-16-12-19(28-2)21(27)20(13-16)29-3)25-15-17(18-8-7-11-30-18)26-9-5-6-10-26/h7-8,11-13,17,27H,4-6,9-10,14-15H2,1-3H3,(H2,23,24,25). The first-order valence-corrected chi connectivity index (χ1v) is 10.4. The van der Waals surface area contributed by atoms with E-state index in [1.54, 1.807) is 18.4 Å². The number of guanidine groups is 1. The first kappa shape index (κ1) is 21.8. The van der Waals surface area contributed by atoms with E-state index < -0.39 is 0 Å². The van der Waals surface area contributed by atoms with Crippen molar-refractivity contribution in [3.63, 3.8) is 0 Å². The number of aromatic hydroxyl groups is 1. The molecule has 1 fully saturated rings. The van der Waals surface area contributed by atoms with Gasteiger partial charge in [-0.1, -0.05) is 0 Å². The molecule has 0 bridgehead atoms. The third-order valence-corrected chi connectivity index (χ3v) is 5.22. The van der Waals surface area contributed by atoms with Crippen LogP contribution < -0.4 is 20.1 Å². The van der Waals surface area contributed by atoms with Crippen LogP contribution in [-0.4, -0.2) is 56.4 Å². The number of nitrogens with one attached hydrogen (secondary N) is 2. The topological polar surface area (TPSA) is 91.5 Å². The van der Waals surface area contributed by atoms with Crippen LogP contribution in [0.2, 0.25) is 0 Å². The lowest BCUT2D eigenvalue weighted by molar-refractivity contribution is 0.215. The second kappa shape index (κ2) is 10.8. The van der Waals surface area contributed by atoms with Crippen LogP contribution in [0.5, 0.6) is 17.2 Å². The molecule has 1 aromatic heterocycles. The molecule has 1 aromatic carbocycles. The van der Waals surface area contributed by atoms with Gasteiger partial charge in [0.1, 0.15) is 5.76 Å². The molecule has 1 aliphatic heterocycles. The maximum absolute atomic E-state index is 10.1. The van der Waals surface area contributed by atoms with Crippen LogP contribution in [0.3, 0.4) is 0 Å². The highest BCUT2D eigenvalue weighted by Crippen LogP contribution is 2.37. The molecule has 30 heavy (non-hydrogen) atoms. The Kier molecular flexibility index (Phi) is 7.84. The molecule has 0 aliphatic carbocycles. The van der Waals surface area contributed by atoms with Gasteiger partial charge in [0, 0.05) is 13.1 Å². The Hall–Kier alpha value is -2.87. The van der Waals surface area contributed by atoms with Gasteiger partial charge in [-0.2, -0.15) is 0 Å². The van der Waals surface area contributed by atoms with Gasteiger partial charge in [0.2, 0.25) is 5.75 Å². The van der Waals surface area contributed by atoms with Gasteiger partial charge in [0.25, 0.3) is 0 Å². The highest BCUT2D eigenvalue weighted by atomic mass is 16.5. The highest BCUT2D eigenvalue weighted by molar-refractivity contribution is 5.79. The number of aliphatic imine (C=N–C) groups is 1. The van der Waals surface area contributed by atoms with Crippen molar-refractivity contribution in [2.75, 3.05) is 40.4 Å². The number of methoxy groups -OCH3 is 2. The zero-order valence-corrected chi connectivity index (χ0v) is 18.0. The molecule has 0 spiro atoms. The van der Waals surface area contributed by atoms with Crippen LogP contribution in [0.1, 0.15) is 37.1 Å². The number of nitrogens with zero attached hydrogens (tertiary/aromatic N) is 2. The molecule has 8 heteroatoms. The van der Waals surface area contributed by atoms with Crippen LogP contribution in [0.25, 0.3) is 0 Å². The number of benzene rings is 1. The molecule has 0 radical (unpaired) electrons. The number of ether oxygens (including phenoxy) is 2. The number of rotatable bonds is 9. The van der Waals surface area contributed by atoms with Crippen molar-refractivity contribution in [3.05, 3.63) is 41.9 Å². The summed E-state index contributed by atoms with van der Waals surface area (Å²) in [4.78, 5) is 7.15. The van der Waals surface area contributed by atoms with Crippen molar-refractivity contribution < 1.29 is 19.0 Å². The lowest BCUT2D eigenvalue weighted by atomic mass is 10.2. The minimum absolute atomic E-state index is 0.00957. The maximum atomic E-state index is 10.1. The molecule has 164 valence electrons. The van der Waals surface area contributed by atoms with E-state index in [1.807, 2.05) is 19.1 Å². The predicted octanol–water partition coefficient (Wildman–Crippen LogP) is 2.89. The van der Waals surface area contributed by atoms with Gasteiger partial charge in [0.15, 0.2) is 17.5 Å². The van der Waals surface area contributed by atoms with E-state index in [2.05, 4.69) is 15.5 Å². The third-order valence-electron chi connectivity index (χ3n) is 5.22. The minimum atomic E-state index is -0.00957. The van der Waals surface area contributed by atoms with Crippen molar-refractivity contribution in [1.29, 1.82) is 0 Å². The van der Waals surface area contributed by atoms with Gasteiger partial charge in [-0.3, -0.25) is 4.90 Å². The fourth-order valence-corrected chi connectivity index (χ4v) is 3.69. The lowest BCUT2D eigenvalue weighted by Gasteiger charge is -2.26. The van der Waals surface area contributed by atoms with Gasteiger partial charge in [0.05, 0.1) is 33.1 Å². The lowest BCUT2D eigenvalue weighted by Crippen LogP contribution is -2.42. The summed E-state index contributed by atoms with van der Waals surface area (Å²) in [6.45, 7) is 6.05. The van der Waals surface area contributed by atoms with Crippen molar-refractivity contribution >= 4 is 5.96 Å². The molecule has 3 N–H and O–H groups in total. The second-order valence-corrected chi connectivity index (χ2v) is 7.20. The van der Waals surface area contributed by atoms with Crippen LogP contribution in [-0.2, 0) is 6.54 Å². The Morgan fingerprint density at radius 3 is 2.47 bits per heavy atom. The van der Waals surface area contributed by atoms with E-state index in [0.29, 0.717) is 24.6 Å². The normalized spacial score (nSPS) is 15.8. The van der Waals surface area contributed by atoms with E-state index in [0.717, 1.165) is 36.9 Å². The van der Waals surface area contributed by atoms with Crippen molar-refractivity contribution in [3.8, 4) is 17.2 Å². The molecule has 0 amide bonds. The predicted molar refractivity (Wildman–Crippen MR) is 116 cm³/mol. The second-order valence-electron chi connectivity index (χ2n) is 7.20. The Labute approximate surface area is 177 Å². The highest BCUT2D eigenvalue weighted by Gasteiger charge is 2.25. The van der Waals surface area contributed by atoms with Crippen LogP contribution in [0.4, 0.5) is 0 Å². The molecule has 1 aliphatic rings. The maximum Gasteiger partial charge on any atom is 0.200 e.